The van der Waals surface area contributed by atoms with Gasteiger partial charge >= 0.3 is 0 Å². The van der Waals surface area contributed by atoms with Crippen molar-refractivity contribution < 1.29 is 9.47 Å². The van der Waals surface area contributed by atoms with Gasteiger partial charge in [-0.2, -0.15) is 0 Å². The molecule has 2 rings (SSSR count). The quantitative estimate of drug-likeness (QED) is 0.757. The first kappa shape index (κ1) is 9.19. The number of epoxide rings is 1. The lowest BCUT2D eigenvalue weighted by Gasteiger charge is -2.02. The molecule has 1 aromatic carbocycles. The van der Waals surface area contributed by atoms with Crippen LogP contribution >= 0.6 is 15.9 Å². The molecule has 2 nitrogen and oxygen atoms in total. The molecule has 0 amide bonds. The van der Waals surface area contributed by atoms with Crippen LogP contribution in [0.25, 0.3) is 0 Å². The zero-order valence-corrected chi connectivity index (χ0v) is 8.79. The summed E-state index contributed by atoms with van der Waals surface area (Å²) in [6.07, 6.45) is 0.354. The van der Waals surface area contributed by atoms with Crippen LogP contribution in [0.3, 0.4) is 0 Å². The summed E-state index contributed by atoms with van der Waals surface area (Å²) in [7, 11) is 0. The molecule has 0 radical (unpaired) electrons. The summed E-state index contributed by atoms with van der Waals surface area (Å²) in [6.45, 7) is 2.24. The van der Waals surface area contributed by atoms with E-state index in [2.05, 4.69) is 28.1 Å². The lowest BCUT2D eigenvalue weighted by molar-refractivity contribution is 0.104. The van der Waals surface area contributed by atoms with Crippen LogP contribution in [0.5, 0.6) is 0 Å². The van der Waals surface area contributed by atoms with E-state index in [1.165, 1.54) is 5.56 Å². The molecule has 1 heterocycles. The van der Waals surface area contributed by atoms with Gasteiger partial charge in [0.25, 0.3) is 0 Å². The highest BCUT2D eigenvalue weighted by Crippen LogP contribution is 2.14. The Bertz CT molecular complexity index is 284. The molecule has 0 bridgehead atoms. The van der Waals surface area contributed by atoms with Crippen molar-refractivity contribution in [2.45, 2.75) is 12.7 Å². The normalized spacial score (nSPS) is 20.2. The van der Waals surface area contributed by atoms with Gasteiger partial charge in [0.1, 0.15) is 6.10 Å². The van der Waals surface area contributed by atoms with Crippen molar-refractivity contribution in [2.75, 3.05) is 13.2 Å². The molecule has 1 aromatic rings. The van der Waals surface area contributed by atoms with Gasteiger partial charge in [0, 0.05) is 4.47 Å². The molecular weight excluding hydrogens is 232 g/mol. The molecule has 70 valence electrons. The zero-order chi connectivity index (χ0) is 9.10. The Morgan fingerprint density at radius 3 is 3.08 bits per heavy atom. The summed E-state index contributed by atoms with van der Waals surface area (Å²) in [5, 5.41) is 0. The van der Waals surface area contributed by atoms with Gasteiger partial charge < -0.3 is 9.47 Å². The van der Waals surface area contributed by atoms with Crippen molar-refractivity contribution >= 4 is 15.9 Å². The highest BCUT2D eigenvalue weighted by atomic mass is 79.9. The first-order chi connectivity index (χ1) is 6.34. The summed E-state index contributed by atoms with van der Waals surface area (Å²) in [5.41, 5.74) is 1.19. The van der Waals surface area contributed by atoms with Crippen LogP contribution < -0.4 is 0 Å². The maximum atomic E-state index is 5.45. The number of hydrogen-bond acceptors (Lipinski definition) is 2. The fourth-order valence-electron chi connectivity index (χ4n) is 1.10. The number of halogens is 1. The predicted octanol–water partition coefficient (Wildman–Crippen LogP) is 2.36. The second kappa shape index (κ2) is 4.22. The standard InChI is InChI=1S/C10H11BrO2/c11-9-3-1-2-8(4-9)5-12-6-10-7-13-10/h1-4,10H,5-7H2. The predicted molar refractivity (Wildman–Crippen MR) is 53.5 cm³/mol. The van der Waals surface area contributed by atoms with Crippen molar-refractivity contribution in [1.29, 1.82) is 0 Å². The van der Waals surface area contributed by atoms with Gasteiger partial charge in [0.05, 0.1) is 19.8 Å². The van der Waals surface area contributed by atoms with Gasteiger partial charge in [-0.1, -0.05) is 28.1 Å². The molecule has 0 N–H and O–H groups in total. The maximum Gasteiger partial charge on any atom is 0.104 e. The minimum Gasteiger partial charge on any atom is -0.374 e. The molecule has 1 aliphatic rings. The average molecular weight is 243 g/mol. The third-order valence-corrected chi connectivity index (χ3v) is 2.36. The fraction of sp³-hybridized carbons (Fsp3) is 0.400. The smallest absolute Gasteiger partial charge is 0.104 e. The lowest BCUT2D eigenvalue weighted by atomic mass is 10.2. The van der Waals surface area contributed by atoms with Crippen LogP contribution in [0.2, 0.25) is 0 Å². The summed E-state index contributed by atoms with van der Waals surface area (Å²) in [6, 6.07) is 8.14. The molecule has 3 heteroatoms. The molecule has 1 unspecified atom stereocenters. The van der Waals surface area contributed by atoms with E-state index < -0.39 is 0 Å². The second-order valence-electron chi connectivity index (χ2n) is 3.10. The second-order valence-corrected chi connectivity index (χ2v) is 4.02. The Hall–Kier alpha value is -0.380. The van der Waals surface area contributed by atoms with E-state index in [0.717, 1.165) is 11.1 Å². The van der Waals surface area contributed by atoms with Gasteiger partial charge in [-0.15, -0.1) is 0 Å². The molecule has 0 saturated carbocycles. The van der Waals surface area contributed by atoms with Gasteiger partial charge in [-0.3, -0.25) is 0 Å². The summed E-state index contributed by atoms with van der Waals surface area (Å²) >= 11 is 3.42. The SMILES string of the molecule is Brc1cccc(COCC2CO2)c1. The zero-order valence-electron chi connectivity index (χ0n) is 7.20. The van der Waals surface area contributed by atoms with Crippen molar-refractivity contribution in [3.05, 3.63) is 34.3 Å². The van der Waals surface area contributed by atoms with E-state index in [9.17, 15) is 0 Å². The van der Waals surface area contributed by atoms with E-state index in [1.807, 2.05) is 12.1 Å². The third kappa shape index (κ3) is 3.10. The van der Waals surface area contributed by atoms with E-state index in [1.54, 1.807) is 0 Å². The summed E-state index contributed by atoms with van der Waals surface area (Å²) in [4.78, 5) is 0. The minimum absolute atomic E-state index is 0.354. The van der Waals surface area contributed by atoms with Crippen LogP contribution in [-0.4, -0.2) is 19.3 Å². The molecule has 1 fully saturated rings. The first-order valence-corrected chi connectivity index (χ1v) is 5.08. The maximum absolute atomic E-state index is 5.45. The minimum atomic E-state index is 0.354. The Kier molecular flexibility index (Phi) is 2.98. The van der Waals surface area contributed by atoms with Gasteiger partial charge in [-0.05, 0) is 17.7 Å². The molecule has 1 aliphatic heterocycles. The third-order valence-electron chi connectivity index (χ3n) is 1.86. The Labute approximate surface area is 86.0 Å². The highest BCUT2D eigenvalue weighted by Gasteiger charge is 2.22. The summed E-state index contributed by atoms with van der Waals surface area (Å²) in [5.74, 6) is 0. The van der Waals surface area contributed by atoms with E-state index in [4.69, 9.17) is 9.47 Å². The number of ether oxygens (including phenoxy) is 2. The Morgan fingerprint density at radius 1 is 1.54 bits per heavy atom. The largest absolute Gasteiger partial charge is 0.374 e. The van der Waals surface area contributed by atoms with Crippen LogP contribution in [0.4, 0.5) is 0 Å². The molecule has 0 aliphatic carbocycles. The molecule has 1 atom stereocenters. The molecule has 13 heavy (non-hydrogen) atoms. The fourth-order valence-corrected chi connectivity index (χ4v) is 1.55. The molecule has 0 spiro atoms. The van der Waals surface area contributed by atoms with Crippen molar-refractivity contribution in [3.63, 3.8) is 0 Å². The number of benzene rings is 1. The lowest BCUT2D eigenvalue weighted by Crippen LogP contribution is -2.01. The van der Waals surface area contributed by atoms with Crippen LogP contribution in [0.15, 0.2) is 28.7 Å². The number of hydrogen-bond donors (Lipinski definition) is 0. The van der Waals surface area contributed by atoms with Crippen molar-refractivity contribution in [2.24, 2.45) is 0 Å². The average Bonchev–Trinajstić information content (AvgIpc) is 2.88. The highest BCUT2D eigenvalue weighted by molar-refractivity contribution is 9.10. The van der Waals surface area contributed by atoms with Crippen molar-refractivity contribution in [1.82, 2.24) is 0 Å². The monoisotopic (exact) mass is 242 g/mol. The summed E-state index contributed by atoms with van der Waals surface area (Å²) < 4.78 is 11.6. The topological polar surface area (TPSA) is 21.8 Å². The first-order valence-electron chi connectivity index (χ1n) is 4.28. The molecular formula is C10H11BrO2. The van der Waals surface area contributed by atoms with E-state index >= 15 is 0 Å². The van der Waals surface area contributed by atoms with Crippen LogP contribution in [0.1, 0.15) is 5.56 Å². The van der Waals surface area contributed by atoms with Gasteiger partial charge in [0.15, 0.2) is 0 Å². The van der Waals surface area contributed by atoms with E-state index in [0.29, 0.717) is 19.3 Å². The van der Waals surface area contributed by atoms with E-state index in [-0.39, 0.29) is 0 Å². The molecule has 1 saturated heterocycles. The molecule has 0 aromatic heterocycles. The van der Waals surface area contributed by atoms with Gasteiger partial charge in [0.2, 0.25) is 0 Å². The number of rotatable bonds is 4. The van der Waals surface area contributed by atoms with Crippen molar-refractivity contribution in [3.8, 4) is 0 Å². The van der Waals surface area contributed by atoms with Gasteiger partial charge in [-0.25, -0.2) is 0 Å². The Morgan fingerprint density at radius 2 is 2.38 bits per heavy atom. The Balaban J connectivity index is 1.79. The van der Waals surface area contributed by atoms with Crippen LogP contribution in [0, 0.1) is 0 Å². The van der Waals surface area contributed by atoms with Crippen LogP contribution in [-0.2, 0) is 16.1 Å².